The van der Waals surface area contributed by atoms with Gasteiger partial charge in [-0.05, 0) is 13.8 Å². The SMILES string of the molecule is CCOC(CCNCC#N)OCC. The second-order valence-electron chi connectivity index (χ2n) is 2.46. The Morgan fingerprint density at radius 3 is 2.38 bits per heavy atom. The van der Waals surface area contributed by atoms with Gasteiger partial charge in [0.2, 0.25) is 0 Å². The summed E-state index contributed by atoms with van der Waals surface area (Å²) in [6, 6.07) is 2.01. The largest absolute Gasteiger partial charge is 0.353 e. The molecule has 4 nitrogen and oxygen atoms in total. The van der Waals surface area contributed by atoms with E-state index < -0.39 is 0 Å². The van der Waals surface area contributed by atoms with Crippen LogP contribution in [0.2, 0.25) is 0 Å². The van der Waals surface area contributed by atoms with E-state index in [4.69, 9.17) is 14.7 Å². The molecular formula is C9H18N2O2. The highest BCUT2D eigenvalue weighted by molar-refractivity contribution is 4.72. The normalized spacial score (nSPS) is 10.3. The third kappa shape index (κ3) is 7.72. The van der Waals surface area contributed by atoms with Crippen molar-refractivity contribution in [2.24, 2.45) is 0 Å². The van der Waals surface area contributed by atoms with Crippen LogP contribution in [0.3, 0.4) is 0 Å². The van der Waals surface area contributed by atoms with E-state index in [2.05, 4.69) is 5.32 Å². The molecule has 4 heteroatoms. The van der Waals surface area contributed by atoms with Gasteiger partial charge >= 0.3 is 0 Å². The van der Waals surface area contributed by atoms with E-state index in [1.54, 1.807) is 0 Å². The van der Waals surface area contributed by atoms with Crippen molar-refractivity contribution >= 4 is 0 Å². The number of hydrogen-bond acceptors (Lipinski definition) is 4. The Labute approximate surface area is 79.8 Å². The van der Waals surface area contributed by atoms with Gasteiger partial charge in [-0.25, -0.2) is 0 Å². The molecule has 0 aromatic rings. The quantitative estimate of drug-likeness (QED) is 0.347. The number of ether oxygens (including phenoxy) is 2. The predicted octanol–water partition coefficient (Wildman–Crippen LogP) is 0.889. The van der Waals surface area contributed by atoms with E-state index in [-0.39, 0.29) is 6.29 Å². The van der Waals surface area contributed by atoms with Crippen molar-refractivity contribution in [3.8, 4) is 6.07 Å². The summed E-state index contributed by atoms with van der Waals surface area (Å²) in [5.74, 6) is 0. The Balaban J connectivity index is 3.39. The molecule has 0 atom stereocenters. The molecule has 0 heterocycles. The Morgan fingerprint density at radius 1 is 1.31 bits per heavy atom. The Morgan fingerprint density at radius 2 is 1.92 bits per heavy atom. The lowest BCUT2D eigenvalue weighted by molar-refractivity contribution is -0.138. The molecule has 0 spiro atoms. The minimum atomic E-state index is -0.138. The van der Waals surface area contributed by atoms with Gasteiger partial charge < -0.3 is 14.8 Å². The van der Waals surface area contributed by atoms with E-state index >= 15 is 0 Å². The highest BCUT2D eigenvalue weighted by Gasteiger charge is 2.05. The van der Waals surface area contributed by atoms with Gasteiger partial charge in [0.1, 0.15) is 0 Å². The number of nitrogens with one attached hydrogen (secondary N) is 1. The minimum absolute atomic E-state index is 0.138. The van der Waals surface area contributed by atoms with Crippen molar-refractivity contribution < 1.29 is 9.47 Å². The van der Waals surface area contributed by atoms with Crippen LogP contribution in [-0.4, -0.2) is 32.6 Å². The summed E-state index contributed by atoms with van der Waals surface area (Å²) in [5, 5.41) is 11.2. The Hall–Kier alpha value is -0.630. The van der Waals surface area contributed by atoms with Gasteiger partial charge in [0.25, 0.3) is 0 Å². The lowest BCUT2D eigenvalue weighted by Crippen LogP contribution is -2.25. The number of rotatable bonds is 8. The van der Waals surface area contributed by atoms with Crippen LogP contribution < -0.4 is 5.32 Å². The fraction of sp³-hybridized carbons (Fsp3) is 0.889. The summed E-state index contributed by atoms with van der Waals surface area (Å²) in [6.07, 6.45) is 0.643. The van der Waals surface area contributed by atoms with Crippen molar-refractivity contribution in [2.45, 2.75) is 26.6 Å². The molecule has 0 saturated heterocycles. The molecule has 0 amide bonds. The Kier molecular flexibility index (Phi) is 9.00. The standard InChI is InChI=1S/C9H18N2O2/c1-3-12-9(13-4-2)5-7-11-8-6-10/h9,11H,3-5,7-8H2,1-2H3. The van der Waals surface area contributed by atoms with Crippen molar-refractivity contribution in [1.82, 2.24) is 5.32 Å². The van der Waals surface area contributed by atoms with Crippen LogP contribution in [0.1, 0.15) is 20.3 Å². The first-order valence-electron chi connectivity index (χ1n) is 4.66. The molecule has 0 saturated carbocycles. The molecule has 0 aliphatic carbocycles. The average Bonchev–Trinajstić information content (AvgIpc) is 2.13. The highest BCUT2D eigenvalue weighted by atomic mass is 16.7. The van der Waals surface area contributed by atoms with Crippen LogP contribution >= 0.6 is 0 Å². The molecule has 1 N–H and O–H groups in total. The molecule has 0 aromatic heterocycles. The molecule has 13 heavy (non-hydrogen) atoms. The third-order valence-corrected chi connectivity index (χ3v) is 1.47. The second kappa shape index (κ2) is 9.46. The molecule has 76 valence electrons. The van der Waals surface area contributed by atoms with Crippen LogP contribution in [0.5, 0.6) is 0 Å². The predicted molar refractivity (Wildman–Crippen MR) is 50.1 cm³/mol. The first-order valence-corrected chi connectivity index (χ1v) is 4.66. The average molecular weight is 186 g/mol. The molecule has 0 unspecified atom stereocenters. The molecule has 0 aromatic carbocycles. The zero-order valence-electron chi connectivity index (χ0n) is 8.38. The highest BCUT2D eigenvalue weighted by Crippen LogP contribution is 1.99. The van der Waals surface area contributed by atoms with Crippen LogP contribution in [0, 0.1) is 11.3 Å². The maximum absolute atomic E-state index is 8.26. The van der Waals surface area contributed by atoms with Crippen molar-refractivity contribution in [2.75, 3.05) is 26.3 Å². The summed E-state index contributed by atoms with van der Waals surface area (Å²) in [6.45, 7) is 6.32. The molecule has 0 aliphatic rings. The van der Waals surface area contributed by atoms with Crippen LogP contribution in [-0.2, 0) is 9.47 Å². The molecule has 0 rings (SSSR count). The van der Waals surface area contributed by atoms with Crippen LogP contribution in [0.4, 0.5) is 0 Å². The van der Waals surface area contributed by atoms with Crippen molar-refractivity contribution in [1.29, 1.82) is 5.26 Å². The zero-order valence-corrected chi connectivity index (χ0v) is 8.38. The molecule has 0 radical (unpaired) electrons. The molecule has 0 aliphatic heterocycles. The lowest BCUT2D eigenvalue weighted by Gasteiger charge is -2.16. The third-order valence-electron chi connectivity index (χ3n) is 1.47. The number of hydrogen-bond donors (Lipinski definition) is 1. The Bertz CT molecular complexity index is 139. The summed E-state index contributed by atoms with van der Waals surface area (Å²) in [4.78, 5) is 0. The van der Waals surface area contributed by atoms with E-state index in [1.165, 1.54) is 0 Å². The molecule has 0 bridgehead atoms. The summed E-state index contributed by atoms with van der Waals surface area (Å²) >= 11 is 0. The summed E-state index contributed by atoms with van der Waals surface area (Å²) < 4.78 is 10.6. The molecule has 0 fully saturated rings. The monoisotopic (exact) mass is 186 g/mol. The fourth-order valence-corrected chi connectivity index (χ4v) is 0.951. The van der Waals surface area contributed by atoms with Gasteiger partial charge in [0.05, 0.1) is 12.6 Å². The van der Waals surface area contributed by atoms with E-state index in [9.17, 15) is 0 Å². The number of nitrogens with zero attached hydrogens (tertiary/aromatic N) is 1. The minimum Gasteiger partial charge on any atom is -0.353 e. The zero-order chi connectivity index (χ0) is 9.94. The fourth-order valence-electron chi connectivity index (χ4n) is 0.951. The van der Waals surface area contributed by atoms with E-state index in [0.717, 1.165) is 13.0 Å². The van der Waals surface area contributed by atoms with Gasteiger partial charge in [-0.15, -0.1) is 0 Å². The van der Waals surface area contributed by atoms with E-state index in [0.29, 0.717) is 19.8 Å². The second-order valence-corrected chi connectivity index (χ2v) is 2.46. The van der Waals surface area contributed by atoms with Crippen LogP contribution in [0.15, 0.2) is 0 Å². The lowest BCUT2D eigenvalue weighted by atomic mass is 10.4. The van der Waals surface area contributed by atoms with Gasteiger partial charge in [0, 0.05) is 26.2 Å². The maximum atomic E-state index is 8.26. The smallest absolute Gasteiger partial charge is 0.158 e. The summed E-state index contributed by atoms with van der Waals surface area (Å²) in [7, 11) is 0. The van der Waals surface area contributed by atoms with E-state index in [1.807, 2.05) is 19.9 Å². The van der Waals surface area contributed by atoms with Crippen molar-refractivity contribution in [3.05, 3.63) is 0 Å². The van der Waals surface area contributed by atoms with Gasteiger partial charge in [-0.1, -0.05) is 0 Å². The molecular weight excluding hydrogens is 168 g/mol. The topological polar surface area (TPSA) is 54.3 Å². The van der Waals surface area contributed by atoms with Gasteiger partial charge in [-0.2, -0.15) is 5.26 Å². The van der Waals surface area contributed by atoms with Gasteiger partial charge in [0.15, 0.2) is 6.29 Å². The first kappa shape index (κ1) is 12.4. The maximum Gasteiger partial charge on any atom is 0.158 e. The van der Waals surface area contributed by atoms with Crippen molar-refractivity contribution in [3.63, 3.8) is 0 Å². The van der Waals surface area contributed by atoms with Crippen LogP contribution in [0.25, 0.3) is 0 Å². The first-order chi connectivity index (χ1) is 6.35. The number of nitriles is 1. The van der Waals surface area contributed by atoms with Gasteiger partial charge in [-0.3, -0.25) is 0 Å². The summed E-state index contributed by atoms with van der Waals surface area (Å²) in [5.41, 5.74) is 0.